The molecule has 0 atom stereocenters. The first-order valence-electron chi connectivity index (χ1n) is 8.79. The van der Waals surface area contributed by atoms with Crippen molar-refractivity contribution in [2.45, 2.75) is 23.6 Å². The monoisotopic (exact) mass is 523 g/mol. The van der Waals surface area contributed by atoms with Crippen LogP contribution in [0.15, 0.2) is 62.5 Å². The van der Waals surface area contributed by atoms with Crippen molar-refractivity contribution in [3.63, 3.8) is 0 Å². The van der Waals surface area contributed by atoms with Crippen molar-refractivity contribution in [2.24, 2.45) is 10.2 Å². The number of nitrogens with one attached hydrogen (secondary N) is 1. The topological polar surface area (TPSA) is 188 Å². The van der Waals surface area contributed by atoms with Crippen LogP contribution in [-0.2, 0) is 25.0 Å². The number of carbonyl (C=O) groups is 1. The number of phenolic OH excluding ortho intramolecular Hbond substituents is 1. The molecule has 0 bridgehead atoms. The summed E-state index contributed by atoms with van der Waals surface area (Å²) >= 11 is 0. The Balaban J connectivity index is 0.00000289. The maximum Gasteiger partial charge on any atom is 1.00 e. The van der Waals surface area contributed by atoms with Crippen molar-refractivity contribution in [2.75, 3.05) is 5.32 Å². The van der Waals surface area contributed by atoms with Gasteiger partial charge in [0.15, 0.2) is 5.75 Å². The maximum absolute atomic E-state index is 11.9. The van der Waals surface area contributed by atoms with Crippen LogP contribution in [0, 0.1) is 6.92 Å². The average molecular weight is 523 g/mol. The third kappa shape index (κ3) is 6.85. The summed E-state index contributed by atoms with van der Waals surface area (Å²) in [7, 11) is -10.3. The molecule has 0 radical (unpaired) electrons. The zero-order chi connectivity index (χ0) is 23.8. The van der Waals surface area contributed by atoms with Gasteiger partial charge in [0, 0.05) is 12.3 Å². The minimum atomic E-state index is -5.22. The van der Waals surface area contributed by atoms with Gasteiger partial charge in [-0.25, -0.2) is 16.8 Å². The molecule has 0 aliphatic carbocycles. The van der Waals surface area contributed by atoms with Gasteiger partial charge in [-0.05, 0) is 42.1 Å². The number of fused-ring (bicyclic) bond motifs is 1. The summed E-state index contributed by atoms with van der Waals surface area (Å²) in [6.45, 7) is 2.80. The molecule has 0 unspecified atom stereocenters. The van der Waals surface area contributed by atoms with Crippen LogP contribution in [0.2, 0.25) is 0 Å². The first-order chi connectivity index (χ1) is 14.8. The summed E-state index contributed by atoms with van der Waals surface area (Å²) in [6, 6.07) is 8.99. The van der Waals surface area contributed by atoms with E-state index < -0.39 is 47.4 Å². The summed E-state index contributed by atoms with van der Waals surface area (Å²) < 4.78 is 70.0. The molecule has 0 saturated carbocycles. The van der Waals surface area contributed by atoms with Crippen molar-refractivity contribution >= 4 is 54.0 Å². The molecular formula is C19H15N3Na2O8S2. The van der Waals surface area contributed by atoms with E-state index in [1.54, 1.807) is 31.2 Å². The minimum Gasteiger partial charge on any atom is -0.744 e. The average Bonchev–Trinajstić information content (AvgIpc) is 2.66. The Hall–Kier alpha value is -1.39. The molecule has 3 aromatic carbocycles. The van der Waals surface area contributed by atoms with Crippen LogP contribution < -0.4 is 64.4 Å². The molecule has 2 N–H and O–H groups in total. The zero-order valence-electron chi connectivity index (χ0n) is 18.6. The largest absolute Gasteiger partial charge is 1.00 e. The normalized spacial score (nSPS) is 11.6. The Morgan fingerprint density at radius 1 is 0.971 bits per heavy atom. The van der Waals surface area contributed by atoms with E-state index in [-0.39, 0.29) is 75.6 Å². The number of carbonyl (C=O) groups excluding carboxylic acids is 1. The van der Waals surface area contributed by atoms with E-state index in [9.17, 15) is 35.8 Å². The number of azo groups is 1. The van der Waals surface area contributed by atoms with Crippen LogP contribution in [-0.4, -0.2) is 37.0 Å². The first kappa shape index (κ1) is 30.6. The van der Waals surface area contributed by atoms with Crippen LogP contribution in [0.25, 0.3) is 10.8 Å². The summed E-state index contributed by atoms with van der Waals surface area (Å²) in [4.78, 5) is 9.78. The molecule has 0 spiro atoms. The van der Waals surface area contributed by atoms with Gasteiger partial charge in [-0.2, -0.15) is 5.11 Å². The molecule has 1 amide bonds. The molecule has 3 aromatic rings. The molecule has 3 rings (SSSR count). The maximum atomic E-state index is 11.9. The number of phenols is 1. The number of amides is 1. The molecule has 15 heteroatoms. The van der Waals surface area contributed by atoms with Crippen molar-refractivity contribution in [1.82, 2.24) is 0 Å². The van der Waals surface area contributed by atoms with Crippen LogP contribution in [0.3, 0.4) is 0 Å². The number of aryl methyl sites for hydroxylation is 1. The van der Waals surface area contributed by atoms with Crippen LogP contribution >= 0.6 is 0 Å². The predicted molar refractivity (Wildman–Crippen MR) is 111 cm³/mol. The Bertz CT molecular complexity index is 1510. The van der Waals surface area contributed by atoms with E-state index in [1.807, 2.05) is 0 Å². The van der Waals surface area contributed by atoms with E-state index in [4.69, 9.17) is 0 Å². The molecule has 0 heterocycles. The van der Waals surface area contributed by atoms with E-state index in [0.717, 1.165) is 25.1 Å². The van der Waals surface area contributed by atoms with E-state index in [1.165, 1.54) is 0 Å². The third-order valence-corrected chi connectivity index (χ3v) is 6.03. The minimum absolute atomic E-state index is 0. The van der Waals surface area contributed by atoms with E-state index >= 15 is 0 Å². The summed E-state index contributed by atoms with van der Waals surface area (Å²) in [5.41, 5.74) is -0.00684. The van der Waals surface area contributed by atoms with Crippen molar-refractivity contribution < 1.29 is 95.0 Å². The summed E-state index contributed by atoms with van der Waals surface area (Å²) in [6.07, 6.45) is 0. The number of nitrogens with zero attached hydrogens (tertiary/aromatic N) is 2. The molecule has 0 fully saturated rings. The molecule has 11 nitrogen and oxygen atoms in total. The van der Waals surface area contributed by atoms with Gasteiger partial charge in [0.1, 0.15) is 25.9 Å². The number of hydrogen-bond acceptors (Lipinski definition) is 10. The summed E-state index contributed by atoms with van der Waals surface area (Å²) in [5.74, 6) is -1.53. The molecule has 0 aliphatic rings. The van der Waals surface area contributed by atoms with Gasteiger partial charge in [0.25, 0.3) is 0 Å². The van der Waals surface area contributed by atoms with Crippen LogP contribution in [0.1, 0.15) is 12.5 Å². The predicted octanol–water partition coefficient (Wildman–Crippen LogP) is -2.96. The second-order valence-electron chi connectivity index (χ2n) is 6.72. The Kier molecular flexibility index (Phi) is 10.4. The fourth-order valence-electron chi connectivity index (χ4n) is 2.96. The fourth-order valence-corrected chi connectivity index (χ4v) is 4.14. The van der Waals surface area contributed by atoms with Crippen LogP contribution in [0.5, 0.6) is 5.75 Å². The van der Waals surface area contributed by atoms with Crippen molar-refractivity contribution in [3.05, 3.63) is 48.0 Å². The second-order valence-corrected chi connectivity index (χ2v) is 9.44. The Labute approximate surface area is 239 Å². The SMILES string of the molecule is CC(=O)Nc1cc(S(=O)(=O)[O-])cc2cc(S(=O)(=O)[O-])c(/N=N/c3ccccc3C)c(O)c12.[Na+].[Na+]. The molecule has 34 heavy (non-hydrogen) atoms. The number of hydrogen-bond donors (Lipinski definition) is 2. The van der Waals surface area contributed by atoms with Gasteiger partial charge < -0.3 is 19.5 Å². The van der Waals surface area contributed by atoms with Gasteiger partial charge in [0.05, 0.1) is 21.2 Å². The molecule has 0 aliphatic heterocycles. The summed E-state index contributed by atoms with van der Waals surface area (Å²) in [5, 5.41) is 20.2. The van der Waals surface area contributed by atoms with Gasteiger partial charge >= 0.3 is 59.1 Å². The number of aromatic hydroxyl groups is 1. The molecular weight excluding hydrogens is 508 g/mol. The molecule has 0 aromatic heterocycles. The first-order valence-corrected chi connectivity index (χ1v) is 11.6. The van der Waals surface area contributed by atoms with E-state index in [2.05, 4.69) is 15.5 Å². The smallest absolute Gasteiger partial charge is 0.744 e. The van der Waals surface area contributed by atoms with E-state index in [0.29, 0.717) is 11.3 Å². The quantitative estimate of drug-likeness (QED) is 0.202. The fraction of sp³-hybridized carbons (Fsp3) is 0.105. The zero-order valence-corrected chi connectivity index (χ0v) is 24.2. The second kappa shape index (κ2) is 11.6. The molecule has 168 valence electrons. The Morgan fingerprint density at radius 2 is 1.59 bits per heavy atom. The molecule has 0 saturated heterocycles. The van der Waals surface area contributed by atoms with Gasteiger partial charge in [-0.15, -0.1) is 5.11 Å². The van der Waals surface area contributed by atoms with Gasteiger partial charge in [-0.3, -0.25) is 4.79 Å². The third-order valence-electron chi connectivity index (χ3n) is 4.37. The van der Waals surface area contributed by atoms with Gasteiger partial charge in [-0.1, -0.05) is 18.2 Å². The standard InChI is InChI=1S/C19H17N3O8S2.2Na/c1-10-5-3-4-6-14(10)21-22-18-16(32(28,29)30)8-12-7-13(31(25,26)27)9-15(20-11(2)23)17(12)19(18)24;;/h3-9,24H,1-2H3,(H,20,23)(H,25,26,27)(H,28,29,30);;/q;2*+1/p-2/b22-21+;;. The number of benzene rings is 3. The van der Waals surface area contributed by atoms with Gasteiger partial charge in [0.2, 0.25) is 5.91 Å². The number of rotatable bonds is 5. The van der Waals surface area contributed by atoms with Crippen molar-refractivity contribution in [1.29, 1.82) is 0 Å². The number of anilines is 1. The van der Waals surface area contributed by atoms with Crippen LogP contribution in [0.4, 0.5) is 17.1 Å². The van der Waals surface area contributed by atoms with Crippen molar-refractivity contribution in [3.8, 4) is 5.75 Å². The Morgan fingerprint density at radius 3 is 2.12 bits per heavy atom.